The van der Waals surface area contributed by atoms with Crippen molar-refractivity contribution in [2.45, 2.75) is 43.9 Å². The third kappa shape index (κ3) is 3.96. The van der Waals surface area contributed by atoms with Crippen LogP contribution in [0.4, 0.5) is 0 Å². The van der Waals surface area contributed by atoms with Crippen molar-refractivity contribution in [3.8, 4) is 0 Å². The Balaban J connectivity index is 2.15. The van der Waals surface area contributed by atoms with E-state index in [1.54, 1.807) is 0 Å². The number of likely N-dealkylation sites (N-methyl/N-ethyl adjacent to an activating group) is 1. The van der Waals surface area contributed by atoms with Crippen molar-refractivity contribution in [1.29, 1.82) is 0 Å². The van der Waals surface area contributed by atoms with Gasteiger partial charge in [0.25, 0.3) is 0 Å². The zero-order valence-corrected chi connectivity index (χ0v) is 13.4. The first-order valence-corrected chi connectivity index (χ1v) is 9.31. The molecule has 3 nitrogen and oxygen atoms in total. The topological polar surface area (TPSA) is 46.2 Å². The Hall–Kier alpha value is -0.580. The monoisotopic (exact) mass is 315 g/mol. The summed E-state index contributed by atoms with van der Waals surface area (Å²) in [7, 11) is -2.96. The molecular weight excluding hydrogens is 294 g/mol. The van der Waals surface area contributed by atoms with E-state index in [2.05, 4.69) is 5.32 Å². The standard InChI is InChI=1S/C15H22ClNO2S/c1-2-17-14(11-12-6-8-13(16)9-7-12)15-5-3-4-10-20(15,18)19/h6-9,14-15,17H,2-5,10-11H2,1H3. The first kappa shape index (κ1) is 15.8. The van der Waals surface area contributed by atoms with Crippen molar-refractivity contribution in [3.63, 3.8) is 0 Å². The van der Waals surface area contributed by atoms with Gasteiger partial charge in [0, 0.05) is 11.1 Å². The van der Waals surface area contributed by atoms with Crippen LogP contribution in [0.25, 0.3) is 0 Å². The molecule has 0 aromatic heterocycles. The smallest absolute Gasteiger partial charge is 0.154 e. The molecule has 2 unspecified atom stereocenters. The summed E-state index contributed by atoms with van der Waals surface area (Å²) >= 11 is 5.89. The van der Waals surface area contributed by atoms with Crippen molar-refractivity contribution in [3.05, 3.63) is 34.9 Å². The van der Waals surface area contributed by atoms with Crippen molar-refractivity contribution < 1.29 is 8.42 Å². The van der Waals surface area contributed by atoms with Gasteiger partial charge in [0.1, 0.15) is 0 Å². The van der Waals surface area contributed by atoms with Gasteiger partial charge in [-0.05, 0) is 43.5 Å². The molecule has 1 fully saturated rings. The van der Waals surface area contributed by atoms with Crippen LogP contribution in [0.15, 0.2) is 24.3 Å². The van der Waals surface area contributed by atoms with E-state index in [1.807, 2.05) is 31.2 Å². The Morgan fingerprint density at radius 1 is 1.30 bits per heavy atom. The molecule has 1 heterocycles. The molecule has 1 N–H and O–H groups in total. The van der Waals surface area contributed by atoms with E-state index in [-0.39, 0.29) is 11.3 Å². The predicted octanol–water partition coefficient (Wildman–Crippen LogP) is 2.83. The lowest BCUT2D eigenvalue weighted by atomic mass is 9.99. The Kier molecular flexibility index (Phi) is 5.47. The minimum Gasteiger partial charge on any atom is -0.313 e. The fraction of sp³-hybridized carbons (Fsp3) is 0.600. The molecule has 112 valence electrons. The number of rotatable bonds is 5. The number of nitrogens with one attached hydrogen (secondary N) is 1. The number of halogens is 1. The second-order valence-corrected chi connectivity index (χ2v) is 8.17. The summed E-state index contributed by atoms with van der Waals surface area (Å²) in [4.78, 5) is 0. The number of hydrogen-bond donors (Lipinski definition) is 1. The summed E-state index contributed by atoms with van der Waals surface area (Å²) in [5.41, 5.74) is 1.13. The molecule has 5 heteroatoms. The normalized spacial score (nSPS) is 23.4. The van der Waals surface area contributed by atoms with E-state index >= 15 is 0 Å². The summed E-state index contributed by atoms with van der Waals surface area (Å²) in [6, 6.07) is 7.65. The molecule has 1 saturated heterocycles. The molecule has 0 radical (unpaired) electrons. The van der Waals surface area contributed by atoms with Crippen LogP contribution in [0.3, 0.4) is 0 Å². The van der Waals surface area contributed by atoms with Gasteiger partial charge < -0.3 is 5.32 Å². The van der Waals surface area contributed by atoms with Crippen LogP contribution in [0.1, 0.15) is 31.7 Å². The average molecular weight is 316 g/mol. The van der Waals surface area contributed by atoms with E-state index in [1.165, 1.54) is 0 Å². The third-order valence-corrected chi connectivity index (χ3v) is 6.51. The maximum Gasteiger partial charge on any atom is 0.154 e. The van der Waals surface area contributed by atoms with Gasteiger partial charge in [-0.3, -0.25) is 0 Å². The fourth-order valence-corrected chi connectivity index (χ4v) is 5.16. The van der Waals surface area contributed by atoms with Crippen molar-refractivity contribution in [2.24, 2.45) is 0 Å². The average Bonchev–Trinajstić information content (AvgIpc) is 2.40. The van der Waals surface area contributed by atoms with Gasteiger partial charge in [-0.2, -0.15) is 0 Å². The zero-order chi connectivity index (χ0) is 14.6. The van der Waals surface area contributed by atoms with Crippen LogP contribution in [-0.4, -0.2) is 32.0 Å². The van der Waals surface area contributed by atoms with Crippen LogP contribution in [0, 0.1) is 0 Å². The highest BCUT2D eigenvalue weighted by atomic mass is 35.5. The van der Waals surface area contributed by atoms with Gasteiger partial charge in [0.2, 0.25) is 0 Å². The van der Waals surface area contributed by atoms with Crippen LogP contribution in [0.2, 0.25) is 5.02 Å². The third-order valence-electron chi connectivity index (χ3n) is 3.91. The minimum atomic E-state index is -2.96. The Bertz CT molecular complexity index is 527. The van der Waals surface area contributed by atoms with Gasteiger partial charge in [0.15, 0.2) is 9.84 Å². The SMILES string of the molecule is CCNC(Cc1ccc(Cl)cc1)C1CCCCS1(=O)=O. The Labute approximate surface area is 126 Å². The Morgan fingerprint density at radius 2 is 2.00 bits per heavy atom. The summed E-state index contributed by atoms with van der Waals surface area (Å²) in [5.74, 6) is 0.334. The second-order valence-electron chi connectivity index (χ2n) is 5.40. The summed E-state index contributed by atoms with van der Waals surface area (Å²) < 4.78 is 24.6. The summed E-state index contributed by atoms with van der Waals surface area (Å²) in [6.07, 6.45) is 3.31. The van der Waals surface area contributed by atoms with Crippen LogP contribution in [-0.2, 0) is 16.3 Å². The molecular formula is C15H22ClNO2S. The highest BCUT2D eigenvalue weighted by molar-refractivity contribution is 7.92. The molecule has 1 aromatic carbocycles. The fourth-order valence-electron chi connectivity index (χ4n) is 2.90. The molecule has 1 aromatic rings. The van der Waals surface area contributed by atoms with Gasteiger partial charge in [-0.15, -0.1) is 0 Å². The maximum atomic E-state index is 12.3. The lowest BCUT2D eigenvalue weighted by Crippen LogP contribution is -2.47. The molecule has 2 atom stereocenters. The van der Waals surface area contributed by atoms with Gasteiger partial charge in [0.05, 0.1) is 11.0 Å². The van der Waals surface area contributed by atoms with Crippen LogP contribution < -0.4 is 5.32 Å². The van der Waals surface area contributed by atoms with Crippen molar-refractivity contribution >= 4 is 21.4 Å². The van der Waals surface area contributed by atoms with Crippen LogP contribution in [0.5, 0.6) is 0 Å². The molecule has 0 bridgehead atoms. The molecule has 1 aliphatic heterocycles. The van der Waals surface area contributed by atoms with Gasteiger partial charge in [-0.25, -0.2) is 8.42 Å². The lowest BCUT2D eigenvalue weighted by molar-refractivity contribution is 0.441. The lowest BCUT2D eigenvalue weighted by Gasteiger charge is -2.30. The van der Waals surface area contributed by atoms with Crippen molar-refractivity contribution in [2.75, 3.05) is 12.3 Å². The van der Waals surface area contributed by atoms with Gasteiger partial charge >= 0.3 is 0 Å². The predicted molar refractivity (Wildman–Crippen MR) is 84.0 cm³/mol. The first-order chi connectivity index (χ1) is 9.53. The molecule has 0 saturated carbocycles. The van der Waals surface area contributed by atoms with Crippen molar-refractivity contribution in [1.82, 2.24) is 5.32 Å². The van der Waals surface area contributed by atoms with E-state index in [9.17, 15) is 8.42 Å². The van der Waals surface area contributed by atoms with Gasteiger partial charge in [-0.1, -0.05) is 37.1 Å². The summed E-state index contributed by atoms with van der Waals surface area (Å²) in [6.45, 7) is 2.80. The second kappa shape index (κ2) is 6.92. The highest BCUT2D eigenvalue weighted by Gasteiger charge is 2.35. The number of sulfone groups is 1. The molecule has 1 aliphatic rings. The Morgan fingerprint density at radius 3 is 2.60 bits per heavy atom. The number of benzene rings is 1. The van der Waals surface area contributed by atoms with E-state index in [4.69, 9.17) is 11.6 Å². The first-order valence-electron chi connectivity index (χ1n) is 7.22. The molecule has 0 aliphatic carbocycles. The van der Waals surface area contributed by atoms with E-state index < -0.39 is 9.84 Å². The summed E-state index contributed by atoms with van der Waals surface area (Å²) in [5, 5.41) is 3.81. The van der Waals surface area contributed by atoms with E-state index in [0.29, 0.717) is 10.8 Å². The molecule has 20 heavy (non-hydrogen) atoms. The largest absolute Gasteiger partial charge is 0.313 e. The zero-order valence-electron chi connectivity index (χ0n) is 11.8. The van der Waals surface area contributed by atoms with Crippen LogP contribution >= 0.6 is 11.6 Å². The maximum absolute atomic E-state index is 12.3. The molecule has 2 rings (SSSR count). The minimum absolute atomic E-state index is 0.00789. The van der Waals surface area contributed by atoms with E-state index in [0.717, 1.165) is 37.8 Å². The number of hydrogen-bond acceptors (Lipinski definition) is 3. The highest BCUT2D eigenvalue weighted by Crippen LogP contribution is 2.24. The quantitative estimate of drug-likeness (QED) is 0.909. The molecule has 0 amide bonds. The molecule has 0 spiro atoms.